The summed E-state index contributed by atoms with van der Waals surface area (Å²) in [5, 5.41) is 5.15. The Morgan fingerprint density at radius 1 is 1.04 bits per heavy atom. The number of carbonyl (C=O) groups excluding carboxylic acids is 1. The minimum Gasteiger partial charge on any atom is -0.493 e. The number of rotatable bonds is 2. The van der Waals surface area contributed by atoms with Crippen LogP contribution in [-0.2, 0) is 19.0 Å². The highest BCUT2D eigenvalue weighted by Crippen LogP contribution is 2.44. The van der Waals surface area contributed by atoms with E-state index in [0.29, 0.717) is 36.8 Å². The molecule has 136 valence electrons. The molecule has 2 heterocycles. The molecule has 2 aromatic carbocycles. The average molecular weight is 364 g/mol. The zero-order chi connectivity index (χ0) is 18.3. The third-order valence-corrected chi connectivity index (χ3v) is 4.34. The van der Waals surface area contributed by atoms with E-state index in [1.807, 2.05) is 6.07 Å². The number of carbonyl (C=O) groups is 1. The van der Waals surface area contributed by atoms with Crippen LogP contribution in [0.4, 0.5) is 29.3 Å². The molecule has 5 nitrogen and oxygen atoms in total. The second-order valence-corrected chi connectivity index (χ2v) is 6.07. The highest BCUT2D eigenvalue weighted by molar-refractivity contribution is 6.02. The van der Waals surface area contributed by atoms with E-state index in [0.717, 1.165) is 29.7 Å². The standard InChI is InChI=1S/C18H15F3N2O3/c19-18(20,21)11-2-1-3-12(9-11)22-17(24)23-15-13-5-7-25-14(13)8-10-4-6-26-16(10)15/h1-3,8-9H,4-7H2,(H2,22,23,24). The maximum Gasteiger partial charge on any atom is 0.416 e. The van der Waals surface area contributed by atoms with E-state index in [2.05, 4.69) is 10.6 Å². The van der Waals surface area contributed by atoms with Crippen molar-refractivity contribution >= 4 is 17.4 Å². The molecule has 2 N–H and O–H groups in total. The minimum absolute atomic E-state index is 0.0544. The first-order valence-corrected chi connectivity index (χ1v) is 8.11. The fourth-order valence-corrected chi connectivity index (χ4v) is 3.17. The summed E-state index contributed by atoms with van der Waals surface area (Å²) in [7, 11) is 0. The Balaban J connectivity index is 1.57. The Morgan fingerprint density at radius 2 is 1.85 bits per heavy atom. The van der Waals surface area contributed by atoms with E-state index >= 15 is 0 Å². The minimum atomic E-state index is -4.47. The first-order chi connectivity index (χ1) is 12.4. The van der Waals surface area contributed by atoms with E-state index in [-0.39, 0.29) is 5.69 Å². The van der Waals surface area contributed by atoms with Crippen LogP contribution in [0.1, 0.15) is 16.7 Å². The molecule has 2 aliphatic rings. The number of urea groups is 1. The molecule has 0 atom stereocenters. The number of hydrogen-bond donors (Lipinski definition) is 2. The molecular formula is C18H15F3N2O3. The number of anilines is 2. The summed E-state index contributed by atoms with van der Waals surface area (Å²) in [6, 6.07) is 5.76. The SMILES string of the molecule is O=C(Nc1cccc(C(F)(F)F)c1)Nc1c2c(cc3c1OCC3)OCC2. The largest absolute Gasteiger partial charge is 0.493 e. The summed E-state index contributed by atoms with van der Waals surface area (Å²) in [5.41, 5.74) is 1.54. The van der Waals surface area contributed by atoms with Crippen molar-refractivity contribution in [1.82, 2.24) is 0 Å². The van der Waals surface area contributed by atoms with E-state index in [4.69, 9.17) is 9.47 Å². The van der Waals surface area contributed by atoms with E-state index in [1.54, 1.807) is 0 Å². The van der Waals surface area contributed by atoms with E-state index in [9.17, 15) is 18.0 Å². The fraction of sp³-hybridized carbons (Fsp3) is 0.278. The van der Waals surface area contributed by atoms with Gasteiger partial charge in [0, 0.05) is 29.7 Å². The van der Waals surface area contributed by atoms with Gasteiger partial charge in [-0.1, -0.05) is 6.07 Å². The Kier molecular flexibility index (Phi) is 3.90. The molecule has 0 bridgehead atoms. The van der Waals surface area contributed by atoms with Crippen LogP contribution in [0.25, 0.3) is 0 Å². The van der Waals surface area contributed by atoms with Crippen LogP contribution >= 0.6 is 0 Å². The maximum absolute atomic E-state index is 12.8. The molecule has 0 saturated carbocycles. The van der Waals surface area contributed by atoms with Gasteiger partial charge in [0.05, 0.1) is 24.5 Å². The van der Waals surface area contributed by atoms with Crippen LogP contribution in [0.3, 0.4) is 0 Å². The number of ether oxygens (including phenoxy) is 2. The first kappa shape index (κ1) is 16.6. The summed E-state index contributed by atoms with van der Waals surface area (Å²) in [6.45, 7) is 1.03. The van der Waals surface area contributed by atoms with Gasteiger partial charge >= 0.3 is 12.2 Å². The van der Waals surface area contributed by atoms with Gasteiger partial charge in [-0.25, -0.2) is 4.79 Å². The van der Waals surface area contributed by atoms with Gasteiger partial charge < -0.3 is 20.1 Å². The summed E-state index contributed by atoms with van der Waals surface area (Å²) in [4.78, 5) is 12.3. The third kappa shape index (κ3) is 3.02. The highest BCUT2D eigenvalue weighted by atomic mass is 19.4. The van der Waals surface area contributed by atoms with Gasteiger partial charge in [-0.2, -0.15) is 13.2 Å². The third-order valence-electron chi connectivity index (χ3n) is 4.34. The number of amides is 2. The number of nitrogens with one attached hydrogen (secondary N) is 2. The van der Waals surface area contributed by atoms with Crippen LogP contribution < -0.4 is 20.1 Å². The lowest BCUT2D eigenvalue weighted by atomic mass is 10.0. The second kappa shape index (κ2) is 6.12. The quantitative estimate of drug-likeness (QED) is 0.839. The topological polar surface area (TPSA) is 59.6 Å². The van der Waals surface area contributed by atoms with E-state index < -0.39 is 17.8 Å². The molecule has 2 aliphatic heterocycles. The normalized spacial score (nSPS) is 14.9. The van der Waals surface area contributed by atoms with Gasteiger partial charge in [0.25, 0.3) is 0 Å². The Bertz CT molecular complexity index is 848. The van der Waals surface area contributed by atoms with Gasteiger partial charge in [0.2, 0.25) is 0 Å². The molecule has 8 heteroatoms. The van der Waals surface area contributed by atoms with Crippen LogP contribution in [0.15, 0.2) is 30.3 Å². The fourth-order valence-electron chi connectivity index (χ4n) is 3.17. The lowest BCUT2D eigenvalue weighted by Gasteiger charge is -2.15. The van der Waals surface area contributed by atoms with Crippen molar-refractivity contribution in [3.05, 3.63) is 47.0 Å². The molecule has 0 spiro atoms. The molecule has 0 radical (unpaired) electrons. The predicted molar refractivity (Wildman–Crippen MR) is 88.9 cm³/mol. The molecule has 2 aromatic rings. The lowest BCUT2D eigenvalue weighted by molar-refractivity contribution is -0.137. The zero-order valence-corrected chi connectivity index (χ0v) is 13.6. The molecule has 0 saturated heterocycles. The Morgan fingerprint density at radius 3 is 2.65 bits per heavy atom. The van der Waals surface area contributed by atoms with Gasteiger partial charge in [-0.15, -0.1) is 0 Å². The molecule has 0 unspecified atom stereocenters. The summed E-state index contributed by atoms with van der Waals surface area (Å²) in [6.07, 6.45) is -3.12. The molecule has 26 heavy (non-hydrogen) atoms. The molecule has 2 amide bonds. The Labute approximate surface area is 147 Å². The van der Waals surface area contributed by atoms with Crippen molar-refractivity contribution in [3.8, 4) is 11.5 Å². The molecule has 4 rings (SSSR count). The van der Waals surface area contributed by atoms with Crippen molar-refractivity contribution < 1.29 is 27.4 Å². The second-order valence-electron chi connectivity index (χ2n) is 6.07. The van der Waals surface area contributed by atoms with Crippen LogP contribution in [0.2, 0.25) is 0 Å². The van der Waals surface area contributed by atoms with Gasteiger partial charge in [0.15, 0.2) is 0 Å². The molecule has 0 aliphatic carbocycles. The van der Waals surface area contributed by atoms with Crippen molar-refractivity contribution in [1.29, 1.82) is 0 Å². The number of benzene rings is 2. The van der Waals surface area contributed by atoms with Crippen LogP contribution in [0.5, 0.6) is 11.5 Å². The average Bonchev–Trinajstić information content (AvgIpc) is 3.23. The number of hydrogen-bond acceptors (Lipinski definition) is 3. The van der Waals surface area contributed by atoms with Crippen LogP contribution in [0, 0.1) is 0 Å². The van der Waals surface area contributed by atoms with E-state index in [1.165, 1.54) is 12.1 Å². The predicted octanol–water partition coefficient (Wildman–Crippen LogP) is 4.22. The zero-order valence-electron chi connectivity index (χ0n) is 13.6. The smallest absolute Gasteiger partial charge is 0.416 e. The van der Waals surface area contributed by atoms with Gasteiger partial charge in [0.1, 0.15) is 11.5 Å². The maximum atomic E-state index is 12.8. The van der Waals surface area contributed by atoms with Gasteiger partial charge in [-0.3, -0.25) is 0 Å². The highest BCUT2D eigenvalue weighted by Gasteiger charge is 2.31. The van der Waals surface area contributed by atoms with Crippen molar-refractivity contribution in [2.75, 3.05) is 23.8 Å². The lowest BCUT2D eigenvalue weighted by Crippen LogP contribution is -2.21. The number of alkyl halides is 3. The number of fused-ring (bicyclic) bond motifs is 2. The summed E-state index contributed by atoms with van der Waals surface area (Å²) >= 11 is 0. The monoisotopic (exact) mass is 364 g/mol. The summed E-state index contributed by atoms with van der Waals surface area (Å²) in [5.74, 6) is 1.32. The first-order valence-electron chi connectivity index (χ1n) is 8.11. The number of halogens is 3. The molecule has 0 fully saturated rings. The molecule has 0 aromatic heterocycles. The van der Waals surface area contributed by atoms with Crippen molar-refractivity contribution in [2.45, 2.75) is 19.0 Å². The van der Waals surface area contributed by atoms with Crippen molar-refractivity contribution in [3.63, 3.8) is 0 Å². The van der Waals surface area contributed by atoms with Gasteiger partial charge in [-0.05, 0) is 24.3 Å². The summed E-state index contributed by atoms with van der Waals surface area (Å²) < 4.78 is 49.6. The van der Waals surface area contributed by atoms with Crippen molar-refractivity contribution in [2.24, 2.45) is 0 Å². The Hall–Kier alpha value is -2.90. The molecular weight excluding hydrogens is 349 g/mol. The van der Waals surface area contributed by atoms with Crippen LogP contribution in [-0.4, -0.2) is 19.2 Å².